The second kappa shape index (κ2) is 6.60. The van der Waals surface area contributed by atoms with E-state index >= 15 is 0 Å². The van der Waals surface area contributed by atoms with Crippen LogP contribution in [0, 0.1) is 0 Å². The highest BCUT2D eigenvalue weighted by Gasteiger charge is 1.94. The van der Waals surface area contributed by atoms with Gasteiger partial charge in [0.1, 0.15) is 5.75 Å². The second-order valence-electron chi connectivity index (χ2n) is 4.18. The number of aliphatic imine (C=N–C) groups is 1. The Balaban J connectivity index is 1.77. The number of para-hydroxylation sites is 1. The Morgan fingerprint density at radius 3 is 2.44 bits per heavy atom. The summed E-state index contributed by atoms with van der Waals surface area (Å²) in [5.41, 5.74) is 2.12. The highest BCUT2D eigenvalue weighted by Crippen LogP contribution is 2.12. The van der Waals surface area contributed by atoms with Gasteiger partial charge in [0.2, 0.25) is 0 Å². The Morgan fingerprint density at radius 1 is 0.944 bits per heavy atom. The molecular formula is C16H17NO. The molecule has 0 aliphatic carbocycles. The maximum Gasteiger partial charge on any atom is 0.124 e. The lowest BCUT2D eigenvalue weighted by atomic mass is 10.1. The van der Waals surface area contributed by atoms with Crippen molar-refractivity contribution in [1.29, 1.82) is 0 Å². The van der Waals surface area contributed by atoms with Gasteiger partial charge in [-0.2, -0.15) is 0 Å². The lowest BCUT2D eigenvalue weighted by molar-refractivity contribution is 0.474. The number of aryl methyl sites for hydroxylation is 1. The van der Waals surface area contributed by atoms with E-state index in [1.807, 2.05) is 24.3 Å². The fourth-order valence-electron chi connectivity index (χ4n) is 1.78. The number of benzene rings is 2. The van der Waals surface area contributed by atoms with Crippen LogP contribution in [0.25, 0.3) is 0 Å². The molecule has 0 aliphatic rings. The van der Waals surface area contributed by atoms with E-state index in [1.54, 1.807) is 12.3 Å². The Labute approximate surface area is 108 Å². The fourth-order valence-corrected chi connectivity index (χ4v) is 1.78. The molecule has 2 heteroatoms. The predicted octanol–water partition coefficient (Wildman–Crippen LogP) is 3.44. The largest absolute Gasteiger partial charge is 0.507 e. The number of hydrogen-bond acceptors (Lipinski definition) is 2. The van der Waals surface area contributed by atoms with Gasteiger partial charge in [0.25, 0.3) is 0 Å². The molecule has 2 aromatic rings. The fraction of sp³-hybridized carbons (Fsp3) is 0.188. The average Bonchev–Trinajstić information content (AvgIpc) is 2.42. The Morgan fingerprint density at radius 2 is 1.67 bits per heavy atom. The van der Waals surface area contributed by atoms with Crippen molar-refractivity contribution in [2.24, 2.45) is 4.99 Å². The zero-order chi connectivity index (χ0) is 12.6. The summed E-state index contributed by atoms with van der Waals surface area (Å²) in [6.45, 7) is 0.781. The van der Waals surface area contributed by atoms with E-state index in [0.29, 0.717) is 0 Å². The van der Waals surface area contributed by atoms with E-state index in [1.165, 1.54) is 5.56 Å². The number of rotatable bonds is 5. The first-order valence-corrected chi connectivity index (χ1v) is 6.18. The summed E-state index contributed by atoms with van der Waals surface area (Å²) in [6, 6.07) is 17.6. The van der Waals surface area contributed by atoms with Crippen molar-refractivity contribution < 1.29 is 5.11 Å². The van der Waals surface area contributed by atoms with Crippen LogP contribution in [-0.2, 0) is 6.42 Å². The molecular weight excluding hydrogens is 222 g/mol. The predicted molar refractivity (Wildman–Crippen MR) is 75.3 cm³/mol. The molecule has 0 aliphatic heterocycles. The molecule has 0 bridgehead atoms. The van der Waals surface area contributed by atoms with Crippen molar-refractivity contribution in [3.05, 3.63) is 65.7 Å². The van der Waals surface area contributed by atoms with Crippen LogP contribution in [0.1, 0.15) is 17.5 Å². The second-order valence-corrected chi connectivity index (χ2v) is 4.18. The molecule has 2 nitrogen and oxygen atoms in total. The van der Waals surface area contributed by atoms with Gasteiger partial charge in [-0.05, 0) is 30.5 Å². The average molecular weight is 239 g/mol. The number of nitrogens with zero attached hydrogens (tertiary/aromatic N) is 1. The van der Waals surface area contributed by atoms with Crippen LogP contribution >= 0.6 is 0 Å². The molecule has 2 aromatic carbocycles. The van der Waals surface area contributed by atoms with Crippen molar-refractivity contribution in [3.8, 4) is 5.75 Å². The first-order chi connectivity index (χ1) is 8.86. The molecule has 0 atom stereocenters. The molecule has 0 aromatic heterocycles. The highest BCUT2D eigenvalue weighted by atomic mass is 16.3. The van der Waals surface area contributed by atoms with Crippen LogP contribution in [0.4, 0.5) is 0 Å². The highest BCUT2D eigenvalue weighted by molar-refractivity contribution is 5.83. The number of phenolic OH excluding ortho intramolecular Hbond substituents is 1. The Bertz CT molecular complexity index is 506. The van der Waals surface area contributed by atoms with Crippen molar-refractivity contribution in [3.63, 3.8) is 0 Å². The molecule has 0 unspecified atom stereocenters. The molecule has 0 radical (unpaired) electrons. The van der Waals surface area contributed by atoms with E-state index in [2.05, 4.69) is 29.3 Å². The third-order valence-corrected chi connectivity index (χ3v) is 2.76. The van der Waals surface area contributed by atoms with Crippen LogP contribution in [0.5, 0.6) is 5.75 Å². The van der Waals surface area contributed by atoms with Gasteiger partial charge < -0.3 is 5.11 Å². The Kier molecular flexibility index (Phi) is 4.53. The third kappa shape index (κ3) is 3.74. The molecule has 18 heavy (non-hydrogen) atoms. The molecule has 0 fully saturated rings. The van der Waals surface area contributed by atoms with E-state index in [-0.39, 0.29) is 5.75 Å². The smallest absolute Gasteiger partial charge is 0.124 e. The zero-order valence-corrected chi connectivity index (χ0v) is 10.3. The monoisotopic (exact) mass is 239 g/mol. The summed E-state index contributed by atoms with van der Waals surface area (Å²) in [5.74, 6) is 0.282. The van der Waals surface area contributed by atoms with Gasteiger partial charge >= 0.3 is 0 Å². The zero-order valence-electron chi connectivity index (χ0n) is 10.3. The van der Waals surface area contributed by atoms with Gasteiger partial charge in [-0.3, -0.25) is 4.99 Å². The minimum absolute atomic E-state index is 0.282. The first-order valence-electron chi connectivity index (χ1n) is 6.18. The van der Waals surface area contributed by atoms with Gasteiger partial charge in [0.05, 0.1) is 0 Å². The molecule has 0 spiro atoms. The summed E-state index contributed by atoms with van der Waals surface area (Å²) in [4.78, 5) is 4.33. The van der Waals surface area contributed by atoms with E-state index in [9.17, 15) is 5.11 Å². The number of aromatic hydroxyl groups is 1. The molecule has 0 amide bonds. The minimum Gasteiger partial charge on any atom is -0.507 e. The van der Waals surface area contributed by atoms with Crippen molar-refractivity contribution in [2.75, 3.05) is 6.54 Å². The van der Waals surface area contributed by atoms with Crippen LogP contribution < -0.4 is 0 Å². The first kappa shape index (κ1) is 12.4. The number of phenols is 1. The quantitative estimate of drug-likeness (QED) is 0.629. The van der Waals surface area contributed by atoms with Gasteiger partial charge in [-0.25, -0.2) is 0 Å². The van der Waals surface area contributed by atoms with E-state index in [0.717, 1.165) is 24.9 Å². The minimum atomic E-state index is 0.282. The van der Waals surface area contributed by atoms with Crippen LogP contribution in [-0.4, -0.2) is 17.9 Å². The lowest BCUT2D eigenvalue weighted by Crippen LogP contribution is -1.89. The molecule has 1 N–H and O–H groups in total. The molecule has 0 saturated heterocycles. The van der Waals surface area contributed by atoms with Gasteiger partial charge in [-0.1, -0.05) is 42.5 Å². The molecule has 0 heterocycles. The van der Waals surface area contributed by atoms with Crippen molar-refractivity contribution in [2.45, 2.75) is 12.8 Å². The summed E-state index contributed by atoms with van der Waals surface area (Å²) in [6.07, 6.45) is 3.80. The number of hydrogen-bond donors (Lipinski definition) is 1. The standard InChI is InChI=1S/C16H17NO/c18-16-11-5-4-10-15(16)13-17-12-6-9-14-7-2-1-3-8-14/h1-5,7-8,10-11,13,18H,6,9,12H2. The van der Waals surface area contributed by atoms with Gasteiger partial charge in [-0.15, -0.1) is 0 Å². The van der Waals surface area contributed by atoms with E-state index in [4.69, 9.17) is 0 Å². The molecule has 2 rings (SSSR count). The normalized spacial score (nSPS) is 10.9. The maximum absolute atomic E-state index is 9.55. The lowest BCUT2D eigenvalue weighted by Gasteiger charge is -1.99. The van der Waals surface area contributed by atoms with Crippen LogP contribution in [0.2, 0.25) is 0 Å². The summed E-state index contributed by atoms with van der Waals surface area (Å²) >= 11 is 0. The van der Waals surface area contributed by atoms with Crippen molar-refractivity contribution in [1.82, 2.24) is 0 Å². The molecule has 0 saturated carbocycles. The SMILES string of the molecule is Oc1ccccc1C=NCCCc1ccccc1. The van der Waals surface area contributed by atoms with Gasteiger partial charge in [0, 0.05) is 18.3 Å². The van der Waals surface area contributed by atoms with Crippen molar-refractivity contribution >= 4 is 6.21 Å². The topological polar surface area (TPSA) is 32.6 Å². The summed E-state index contributed by atoms with van der Waals surface area (Å²) in [5, 5.41) is 9.55. The van der Waals surface area contributed by atoms with Crippen LogP contribution in [0.15, 0.2) is 59.6 Å². The van der Waals surface area contributed by atoms with Gasteiger partial charge in [0.15, 0.2) is 0 Å². The van der Waals surface area contributed by atoms with Crippen LogP contribution in [0.3, 0.4) is 0 Å². The maximum atomic E-state index is 9.55. The summed E-state index contributed by atoms with van der Waals surface area (Å²) < 4.78 is 0. The summed E-state index contributed by atoms with van der Waals surface area (Å²) in [7, 11) is 0. The Hall–Kier alpha value is -2.09. The third-order valence-electron chi connectivity index (χ3n) is 2.76. The molecule has 92 valence electrons. The van der Waals surface area contributed by atoms with E-state index < -0.39 is 0 Å².